The van der Waals surface area contributed by atoms with E-state index in [2.05, 4.69) is 31.0 Å². The molecule has 0 aromatic carbocycles. The molecule has 3 nitrogen and oxygen atoms in total. The molecule has 2 aliphatic rings. The zero-order chi connectivity index (χ0) is 10.8. The van der Waals surface area contributed by atoms with Gasteiger partial charge in [0.05, 0.1) is 5.69 Å². The van der Waals surface area contributed by atoms with Crippen molar-refractivity contribution in [2.75, 3.05) is 0 Å². The third-order valence-electron chi connectivity index (χ3n) is 4.96. The van der Waals surface area contributed by atoms with E-state index >= 15 is 0 Å². The number of H-pyrrole nitrogens is 1. The summed E-state index contributed by atoms with van der Waals surface area (Å²) in [5.74, 6) is 0.521. The second-order valence-corrected chi connectivity index (χ2v) is 5.68. The van der Waals surface area contributed by atoms with Crippen LogP contribution in [0.25, 0.3) is 0 Å². The summed E-state index contributed by atoms with van der Waals surface area (Å²) in [6, 6.07) is 1.75. The quantitative estimate of drug-likeness (QED) is 0.702. The highest BCUT2D eigenvalue weighted by atomic mass is 16.1. The molecule has 2 aliphatic carbocycles. The van der Waals surface area contributed by atoms with Gasteiger partial charge in [-0.1, -0.05) is 20.8 Å². The van der Waals surface area contributed by atoms with Gasteiger partial charge in [0.2, 0.25) is 0 Å². The fraction of sp³-hybridized carbons (Fsp3) is 0.667. The molecular weight excluding hydrogens is 188 g/mol. The first kappa shape index (κ1) is 9.13. The molecule has 80 valence electrons. The molecule has 2 atom stereocenters. The summed E-state index contributed by atoms with van der Waals surface area (Å²) >= 11 is 0. The van der Waals surface area contributed by atoms with E-state index in [0.717, 1.165) is 5.69 Å². The van der Waals surface area contributed by atoms with Crippen molar-refractivity contribution in [3.05, 3.63) is 27.7 Å². The molecule has 1 saturated carbocycles. The Morgan fingerprint density at radius 3 is 2.93 bits per heavy atom. The van der Waals surface area contributed by atoms with Crippen molar-refractivity contribution in [2.45, 2.75) is 44.9 Å². The largest absolute Gasteiger partial charge is 0.268 e. The van der Waals surface area contributed by atoms with Crippen LogP contribution in [0.3, 0.4) is 0 Å². The van der Waals surface area contributed by atoms with Crippen molar-refractivity contribution in [3.63, 3.8) is 0 Å². The number of nitrogens with one attached hydrogen (secondary N) is 1. The van der Waals surface area contributed by atoms with E-state index in [0.29, 0.717) is 5.92 Å². The van der Waals surface area contributed by atoms with Gasteiger partial charge in [-0.05, 0) is 29.7 Å². The molecule has 0 saturated heterocycles. The average molecular weight is 204 g/mol. The lowest BCUT2D eigenvalue weighted by Crippen LogP contribution is -2.32. The molecule has 0 amide bonds. The Hall–Kier alpha value is -1.12. The summed E-state index contributed by atoms with van der Waals surface area (Å²) in [6.45, 7) is 6.89. The predicted octanol–water partition coefficient (Wildman–Crippen LogP) is 1.94. The first-order valence-corrected chi connectivity index (χ1v) is 5.57. The SMILES string of the molecule is CC1(C)[C@H]2CC[C@]1(C)c1n[nH]c(=O)cc12. The smallest absolute Gasteiger partial charge is 0.264 e. The summed E-state index contributed by atoms with van der Waals surface area (Å²) in [5.41, 5.74) is 2.64. The third-order valence-corrected chi connectivity index (χ3v) is 4.96. The van der Waals surface area contributed by atoms with Gasteiger partial charge in [-0.3, -0.25) is 4.79 Å². The van der Waals surface area contributed by atoms with Crippen LogP contribution in [-0.4, -0.2) is 10.2 Å². The summed E-state index contributed by atoms with van der Waals surface area (Å²) in [5, 5.41) is 6.85. The number of rotatable bonds is 0. The summed E-state index contributed by atoms with van der Waals surface area (Å²) in [7, 11) is 0. The Kier molecular flexibility index (Phi) is 1.42. The van der Waals surface area contributed by atoms with Crippen LogP contribution in [0.15, 0.2) is 10.9 Å². The van der Waals surface area contributed by atoms with Gasteiger partial charge in [0, 0.05) is 11.5 Å². The van der Waals surface area contributed by atoms with Crippen LogP contribution >= 0.6 is 0 Å². The molecule has 0 radical (unpaired) electrons. The van der Waals surface area contributed by atoms with Crippen LogP contribution in [0, 0.1) is 5.41 Å². The zero-order valence-electron chi connectivity index (χ0n) is 9.42. The van der Waals surface area contributed by atoms with Crippen molar-refractivity contribution in [1.82, 2.24) is 10.2 Å². The van der Waals surface area contributed by atoms with E-state index in [1.165, 1.54) is 18.4 Å². The highest BCUT2D eigenvalue weighted by molar-refractivity contribution is 5.43. The maximum atomic E-state index is 11.3. The minimum atomic E-state index is -0.0688. The Labute approximate surface area is 88.9 Å². The van der Waals surface area contributed by atoms with E-state index < -0.39 is 0 Å². The molecule has 1 fully saturated rings. The molecule has 0 spiro atoms. The van der Waals surface area contributed by atoms with E-state index in [1.807, 2.05) is 0 Å². The van der Waals surface area contributed by atoms with Crippen LogP contribution in [0.2, 0.25) is 0 Å². The molecule has 1 heterocycles. The third kappa shape index (κ3) is 0.829. The van der Waals surface area contributed by atoms with Crippen LogP contribution in [0.5, 0.6) is 0 Å². The number of aromatic nitrogens is 2. The highest BCUT2D eigenvalue weighted by Crippen LogP contribution is 2.66. The van der Waals surface area contributed by atoms with E-state index in [1.54, 1.807) is 6.07 Å². The van der Waals surface area contributed by atoms with Gasteiger partial charge < -0.3 is 0 Å². The summed E-state index contributed by atoms with van der Waals surface area (Å²) in [4.78, 5) is 11.3. The van der Waals surface area contributed by atoms with Gasteiger partial charge in [-0.25, -0.2) is 5.10 Å². The summed E-state index contributed by atoms with van der Waals surface area (Å²) in [6.07, 6.45) is 2.39. The molecule has 1 aromatic heterocycles. The van der Waals surface area contributed by atoms with Gasteiger partial charge in [0.1, 0.15) is 0 Å². The molecule has 15 heavy (non-hydrogen) atoms. The minimum absolute atomic E-state index is 0.0688. The van der Waals surface area contributed by atoms with E-state index in [-0.39, 0.29) is 16.4 Å². The first-order valence-electron chi connectivity index (χ1n) is 5.57. The number of hydrogen-bond donors (Lipinski definition) is 1. The molecule has 1 aromatic rings. The molecule has 3 heteroatoms. The maximum absolute atomic E-state index is 11.3. The monoisotopic (exact) mass is 204 g/mol. The van der Waals surface area contributed by atoms with Crippen molar-refractivity contribution < 1.29 is 0 Å². The number of nitrogens with zero attached hydrogens (tertiary/aromatic N) is 1. The lowest BCUT2D eigenvalue weighted by Gasteiger charge is -2.34. The predicted molar refractivity (Wildman–Crippen MR) is 58.0 cm³/mol. The molecule has 3 rings (SSSR count). The fourth-order valence-electron chi connectivity index (χ4n) is 3.59. The first-order chi connectivity index (χ1) is 6.97. The molecule has 1 N–H and O–H groups in total. The molecule has 2 bridgehead atoms. The minimum Gasteiger partial charge on any atom is -0.268 e. The molecule has 0 aliphatic heterocycles. The second kappa shape index (κ2) is 2.34. The molecule has 0 unspecified atom stereocenters. The Morgan fingerprint density at radius 1 is 1.47 bits per heavy atom. The van der Waals surface area contributed by atoms with Gasteiger partial charge >= 0.3 is 0 Å². The van der Waals surface area contributed by atoms with Gasteiger partial charge in [0.15, 0.2) is 0 Å². The number of fused-ring (bicyclic) bond motifs is 5. The summed E-state index contributed by atoms with van der Waals surface area (Å²) < 4.78 is 0. The van der Waals surface area contributed by atoms with Gasteiger partial charge in [-0.15, -0.1) is 0 Å². The standard InChI is InChI=1S/C12H16N2O/c1-11(2)8-4-5-12(11,3)10-7(8)6-9(15)13-14-10/h6,8H,4-5H2,1-3H3,(H,13,15)/t8-,12+/m0/s1. The van der Waals surface area contributed by atoms with Gasteiger partial charge in [0.25, 0.3) is 5.56 Å². The van der Waals surface area contributed by atoms with Crippen LogP contribution in [-0.2, 0) is 5.41 Å². The molecular formula is C12H16N2O. The van der Waals surface area contributed by atoms with Crippen molar-refractivity contribution in [1.29, 1.82) is 0 Å². The Bertz CT molecular complexity index is 489. The lowest BCUT2D eigenvalue weighted by molar-refractivity contribution is 0.226. The van der Waals surface area contributed by atoms with Crippen molar-refractivity contribution in [2.24, 2.45) is 5.41 Å². The van der Waals surface area contributed by atoms with E-state index in [4.69, 9.17) is 0 Å². The topological polar surface area (TPSA) is 45.8 Å². The lowest BCUT2D eigenvalue weighted by atomic mass is 9.70. The normalized spacial score (nSPS) is 35.5. The van der Waals surface area contributed by atoms with Crippen molar-refractivity contribution >= 4 is 0 Å². The Balaban J connectivity index is 2.33. The van der Waals surface area contributed by atoms with Crippen LogP contribution in [0.1, 0.15) is 50.8 Å². The zero-order valence-corrected chi connectivity index (χ0v) is 9.42. The van der Waals surface area contributed by atoms with E-state index in [9.17, 15) is 4.79 Å². The van der Waals surface area contributed by atoms with Crippen molar-refractivity contribution in [3.8, 4) is 0 Å². The van der Waals surface area contributed by atoms with Crippen LogP contribution < -0.4 is 5.56 Å². The second-order valence-electron chi connectivity index (χ2n) is 5.68. The van der Waals surface area contributed by atoms with Crippen LogP contribution in [0.4, 0.5) is 0 Å². The highest BCUT2D eigenvalue weighted by Gasteiger charge is 2.60. The number of hydrogen-bond acceptors (Lipinski definition) is 2. The Morgan fingerprint density at radius 2 is 2.20 bits per heavy atom. The maximum Gasteiger partial charge on any atom is 0.264 e. The van der Waals surface area contributed by atoms with Gasteiger partial charge in [-0.2, -0.15) is 5.10 Å². The fourth-order valence-corrected chi connectivity index (χ4v) is 3.59. The average Bonchev–Trinajstić information content (AvgIpc) is 2.47. The number of aromatic amines is 1.